The molecule has 156 valence electrons. The Kier molecular flexibility index (Phi) is 4.56. The molecule has 2 N–H and O–H groups in total. The molecule has 1 saturated carbocycles. The molecule has 29 heavy (non-hydrogen) atoms. The average Bonchev–Trinajstić information content (AvgIpc) is 3.20. The van der Waals surface area contributed by atoms with Crippen molar-refractivity contribution in [1.82, 2.24) is 14.9 Å². The molecule has 0 atom stereocenters. The van der Waals surface area contributed by atoms with E-state index in [0.29, 0.717) is 25.5 Å². The Bertz CT molecular complexity index is 926. The van der Waals surface area contributed by atoms with Gasteiger partial charge in [-0.05, 0) is 31.4 Å². The van der Waals surface area contributed by atoms with E-state index in [-0.39, 0.29) is 23.4 Å². The molecule has 1 fully saturated rings. The highest BCUT2D eigenvalue weighted by atomic mass is 19.4. The molecule has 11 heteroatoms. The predicted octanol–water partition coefficient (Wildman–Crippen LogP) is 2.87. The summed E-state index contributed by atoms with van der Waals surface area (Å²) in [7, 11) is 1.76. The Morgan fingerprint density at radius 1 is 1.31 bits per heavy atom. The highest BCUT2D eigenvalue weighted by Crippen LogP contribution is 2.39. The minimum absolute atomic E-state index is 0.0259. The molecule has 1 aromatic carbocycles. The monoisotopic (exact) mass is 412 g/mol. The average molecular weight is 412 g/mol. The Balaban J connectivity index is 1.48. The Hall–Kier alpha value is -2.95. The van der Waals surface area contributed by atoms with Crippen molar-refractivity contribution in [2.45, 2.75) is 31.2 Å². The van der Waals surface area contributed by atoms with Crippen LogP contribution in [0.25, 0.3) is 0 Å². The summed E-state index contributed by atoms with van der Waals surface area (Å²) in [5.41, 5.74) is -0.440. The first-order chi connectivity index (χ1) is 13.6. The molecule has 1 aliphatic carbocycles. The number of ether oxygens (including phenoxy) is 2. The lowest BCUT2D eigenvalue weighted by Crippen LogP contribution is -2.46. The van der Waals surface area contributed by atoms with E-state index in [2.05, 4.69) is 14.7 Å². The smallest absolute Gasteiger partial charge is 0.425 e. The SMILES string of the molecule is CN1CN(CCC2(O)CC2)C(=O)c2[nH]c(Oc3cccc(OC(F)(F)F)c3)nc21. The van der Waals surface area contributed by atoms with Crippen LogP contribution in [0.3, 0.4) is 0 Å². The number of fused-ring (bicyclic) bond motifs is 1. The van der Waals surface area contributed by atoms with Gasteiger partial charge in [-0.25, -0.2) is 0 Å². The zero-order valence-corrected chi connectivity index (χ0v) is 15.5. The maximum absolute atomic E-state index is 12.7. The minimum Gasteiger partial charge on any atom is -0.425 e. The number of halogens is 3. The van der Waals surface area contributed by atoms with Gasteiger partial charge in [0.15, 0.2) is 11.5 Å². The number of nitrogens with one attached hydrogen (secondary N) is 1. The van der Waals surface area contributed by atoms with Crippen molar-refractivity contribution in [3.63, 3.8) is 0 Å². The third-order valence-corrected chi connectivity index (χ3v) is 4.84. The maximum atomic E-state index is 12.7. The summed E-state index contributed by atoms with van der Waals surface area (Å²) in [6, 6.07) is 4.99. The van der Waals surface area contributed by atoms with E-state index in [1.807, 2.05) is 0 Å². The summed E-state index contributed by atoms with van der Waals surface area (Å²) in [4.78, 5) is 23.1. The van der Waals surface area contributed by atoms with E-state index in [1.54, 1.807) is 16.8 Å². The first-order valence-corrected chi connectivity index (χ1v) is 8.98. The van der Waals surface area contributed by atoms with Gasteiger partial charge in [0.2, 0.25) is 0 Å². The lowest BCUT2D eigenvalue weighted by Gasteiger charge is -2.33. The third kappa shape index (κ3) is 4.39. The van der Waals surface area contributed by atoms with Crippen LogP contribution >= 0.6 is 0 Å². The number of aliphatic hydroxyl groups is 1. The number of alkyl halides is 3. The van der Waals surface area contributed by atoms with E-state index in [1.165, 1.54) is 12.1 Å². The molecular weight excluding hydrogens is 393 g/mol. The second kappa shape index (κ2) is 6.83. The molecule has 0 saturated heterocycles. The number of hydrogen-bond acceptors (Lipinski definition) is 6. The number of benzene rings is 1. The zero-order chi connectivity index (χ0) is 20.8. The summed E-state index contributed by atoms with van der Waals surface area (Å²) in [5, 5.41) is 10.00. The molecule has 2 aliphatic rings. The normalized spacial score (nSPS) is 17.9. The van der Waals surface area contributed by atoms with Crippen molar-refractivity contribution in [2.75, 3.05) is 25.2 Å². The third-order valence-electron chi connectivity index (χ3n) is 4.84. The molecule has 1 aromatic heterocycles. The van der Waals surface area contributed by atoms with Crippen LogP contribution in [0.15, 0.2) is 24.3 Å². The number of aromatic amines is 1. The Labute approximate surface area is 163 Å². The first kappa shape index (κ1) is 19.4. The quantitative estimate of drug-likeness (QED) is 0.758. The van der Waals surface area contributed by atoms with E-state index >= 15 is 0 Å². The second-order valence-electron chi connectivity index (χ2n) is 7.25. The van der Waals surface area contributed by atoms with Crippen molar-refractivity contribution in [3.8, 4) is 17.5 Å². The van der Waals surface area contributed by atoms with E-state index < -0.39 is 17.7 Å². The van der Waals surface area contributed by atoms with Crippen LogP contribution in [0, 0.1) is 0 Å². The number of anilines is 1. The van der Waals surface area contributed by atoms with Crippen molar-refractivity contribution in [1.29, 1.82) is 0 Å². The van der Waals surface area contributed by atoms with Crippen LogP contribution < -0.4 is 14.4 Å². The van der Waals surface area contributed by atoms with Crippen LogP contribution in [0.2, 0.25) is 0 Å². The standard InChI is InChI=1S/C18H19F3N4O4/c1-24-10-25(8-7-17(27)5-6-17)15(26)13-14(24)23-16(22-13)28-11-3-2-4-12(9-11)29-18(19,20)21/h2-4,9,27H,5-8,10H2,1H3,(H,22,23). The number of amides is 1. The van der Waals surface area contributed by atoms with Crippen LogP contribution in [0.5, 0.6) is 17.5 Å². The minimum atomic E-state index is -4.81. The van der Waals surface area contributed by atoms with Gasteiger partial charge < -0.3 is 29.4 Å². The van der Waals surface area contributed by atoms with Gasteiger partial charge in [0, 0.05) is 19.7 Å². The number of carbonyl (C=O) groups is 1. The number of hydrogen-bond donors (Lipinski definition) is 2. The highest BCUT2D eigenvalue weighted by molar-refractivity contribution is 5.99. The summed E-state index contributed by atoms with van der Waals surface area (Å²) < 4.78 is 46.5. The van der Waals surface area contributed by atoms with Gasteiger partial charge in [-0.2, -0.15) is 4.98 Å². The van der Waals surface area contributed by atoms with E-state index in [0.717, 1.165) is 25.0 Å². The van der Waals surface area contributed by atoms with E-state index in [9.17, 15) is 23.1 Å². The number of nitrogens with zero attached hydrogens (tertiary/aromatic N) is 3. The van der Waals surface area contributed by atoms with Crippen molar-refractivity contribution in [3.05, 3.63) is 30.0 Å². The zero-order valence-electron chi connectivity index (χ0n) is 15.5. The lowest BCUT2D eigenvalue weighted by molar-refractivity contribution is -0.274. The molecule has 0 radical (unpaired) electrons. The van der Waals surface area contributed by atoms with Gasteiger partial charge in [-0.1, -0.05) is 6.07 Å². The molecule has 1 amide bonds. The molecule has 0 unspecified atom stereocenters. The largest absolute Gasteiger partial charge is 0.573 e. The fourth-order valence-corrected chi connectivity index (χ4v) is 3.12. The van der Waals surface area contributed by atoms with Crippen molar-refractivity contribution in [2.24, 2.45) is 0 Å². The molecule has 2 aromatic rings. The first-order valence-electron chi connectivity index (χ1n) is 8.98. The summed E-state index contributed by atoms with van der Waals surface area (Å²) in [6.07, 6.45) is -2.81. The fourth-order valence-electron chi connectivity index (χ4n) is 3.12. The molecule has 1 aliphatic heterocycles. The fraction of sp³-hybridized carbons (Fsp3) is 0.444. The van der Waals surface area contributed by atoms with Crippen LogP contribution in [-0.4, -0.2) is 58.1 Å². The van der Waals surface area contributed by atoms with Crippen LogP contribution in [0.4, 0.5) is 19.0 Å². The second-order valence-corrected chi connectivity index (χ2v) is 7.25. The molecule has 2 heterocycles. The molecule has 0 bridgehead atoms. The van der Waals surface area contributed by atoms with Crippen LogP contribution in [-0.2, 0) is 0 Å². The van der Waals surface area contributed by atoms with Crippen molar-refractivity contribution < 1.29 is 32.5 Å². The van der Waals surface area contributed by atoms with Gasteiger partial charge in [0.25, 0.3) is 5.91 Å². The lowest BCUT2D eigenvalue weighted by atomic mass is 10.2. The van der Waals surface area contributed by atoms with Gasteiger partial charge in [0.05, 0.1) is 12.3 Å². The number of H-pyrrole nitrogens is 1. The Morgan fingerprint density at radius 2 is 2.03 bits per heavy atom. The summed E-state index contributed by atoms with van der Waals surface area (Å²) >= 11 is 0. The summed E-state index contributed by atoms with van der Waals surface area (Å²) in [5.74, 6) is -0.252. The highest BCUT2D eigenvalue weighted by Gasteiger charge is 2.41. The number of imidazole rings is 1. The van der Waals surface area contributed by atoms with Gasteiger partial charge in [-0.3, -0.25) is 4.79 Å². The van der Waals surface area contributed by atoms with Gasteiger partial charge >= 0.3 is 12.4 Å². The molecular formula is C18H19F3N4O4. The summed E-state index contributed by atoms with van der Waals surface area (Å²) in [6.45, 7) is 0.715. The molecule has 4 rings (SSSR count). The van der Waals surface area contributed by atoms with Crippen molar-refractivity contribution >= 4 is 11.7 Å². The maximum Gasteiger partial charge on any atom is 0.573 e. The van der Waals surface area contributed by atoms with Gasteiger partial charge in [0.1, 0.15) is 11.5 Å². The topological polar surface area (TPSA) is 90.9 Å². The van der Waals surface area contributed by atoms with E-state index in [4.69, 9.17) is 4.74 Å². The molecule has 8 nitrogen and oxygen atoms in total. The number of rotatable bonds is 6. The number of carbonyl (C=O) groups excluding carboxylic acids is 1. The molecule has 0 spiro atoms. The van der Waals surface area contributed by atoms with Gasteiger partial charge in [-0.15, -0.1) is 13.2 Å². The number of aromatic nitrogens is 2. The van der Waals surface area contributed by atoms with Crippen LogP contribution in [0.1, 0.15) is 29.8 Å². The predicted molar refractivity (Wildman–Crippen MR) is 94.9 cm³/mol. The Morgan fingerprint density at radius 3 is 2.72 bits per heavy atom.